The zero-order valence-corrected chi connectivity index (χ0v) is 21.9. The Morgan fingerprint density at radius 2 is 1.66 bits per heavy atom. The number of carbonyl (C=O) groups is 1. The van der Waals surface area contributed by atoms with E-state index < -0.39 is 5.41 Å². The summed E-state index contributed by atoms with van der Waals surface area (Å²) < 4.78 is 0. The van der Waals surface area contributed by atoms with Crippen molar-refractivity contribution in [1.82, 2.24) is 0 Å². The molecule has 0 amide bonds. The molecule has 0 aromatic heterocycles. The van der Waals surface area contributed by atoms with Crippen LogP contribution in [-0.2, 0) is 4.79 Å². The van der Waals surface area contributed by atoms with Gasteiger partial charge in [0.15, 0.2) is 0 Å². The van der Waals surface area contributed by atoms with Crippen molar-refractivity contribution in [2.24, 2.45) is 50.2 Å². The van der Waals surface area contributed by atoms with Crippen molar-refractivity contribution < 1.29 is 9.90 Å². The van der Waals surface area contributed by atoms with E-state index in [0.717, 1.165) is 25.2 Å². The lowest BCUT2D eigenvalue weighted by Gasteiger charge is -2.70. The first-order chi connectivity index (χ1) is 14.8. The number of carbonyl (C=O) groups excluding carboxylic acids is 1. The van der Waals surface area contributed by atoms with Crippen molar-refractivity contribution in [2.75, 3.05) is 6.61 Å². The van der Waals surface area contributed by atoms with Gasteiger partial charge in [-0.15, -0.1) is 0 Å². The monoisotopic (exact) mass is 440 g/mol. The van der Waals surface area contributed by atoms with Crippen molar-refractivity contribution >= 4 is 5.78 Å². The molecule has 7 atom stereocenters. The van der Waals surface area contributed by atoms with Crippen LogP contribution in [0.5, 0.6) is 0 Å². The van der Waals surface area contributed by atoms with Gasteiger partial charge in [-0.3, -0.25) is 4.79 Å². The van der Waals surface area contributed by atoms with E-state index in [1.54, 1.807) is 5.57 Å². The third-order valence-electron chi connectivity index (χ3n) is 12.7. The molecule has 5 aliphatic rings. The number of hydrogen-bond acceptors (Lipinski definition) is 2. The van der Waals surface area contributed by atoms with Gasteiger partial charge in [-0.25, -0.2) is 0 Å². The average molecular weight is 441 g/mol. The Morgan fingerprint density at radius 1 is 0.938 bits per heavy atom. The molecular weight excluding hydrogens is 392 g/mol. The van der Waals surface area contributed by atoms with Crippen LogP contribution < -0.4 is 0 Å². The second kappa shape index (κ2) is 6.73. The Labute approximate surface area is 197 Å². The maximum atomic E-state index is 13.9. The summed E-state index contributed by atoms with van der Waals surface area (Å²) >= 11 is 0. The maximum absolute atomic E-state index is 13.9. The van der Waals surface area contributed by atoms with Gasteiger partial charge in [0.05, 0.1) is 12.0 Å². The van der Waals surface area contributed by atoms with Gasteiger partial charge < -0.3 is 5.11 Å². The second-order valence-corrected chi connectivity index (χ2v) is 15.0. The fourth-order valence-corrected chi connectivity index (χ4v) is 10.6. The minimum Gasteiger partial charge on any atom is -0.395 e. The van der Waals surface area contributed by atoms with Crippen LogP contribution in [0.25, 0.3) is 0 Å². The molecule has 0 saturated heterocycles. The lowest BCUT2D eigenvalue weighted by Crippen LogP contribution is -2.65. The SMILES string of the molecule is CC1(C)CC[C@]2(CO)C(=O)C[C@]3(C)C(=CC[C@@H]4[C@@]5(C)CCCC(C)(C)C5CC[C@]43C)[C@H]2C1. The van der Waals surface area contributed by atoms with Gasteiger partial charge in [0.1, 0.15) is 5.78 Å². The normalized spacial score (nSPS) is 51.6. The Morgan fingerprint density at radius 3 is 2.34 bits per heavy atom. The Hall–Kier alpha value is -0.630. The van der Waals surface area contributed by atoms with E-state index in [2.05, 4.69) is 54.5 Å². The summed E-state index contributed by atoms with van der Waals surface area (Å²) in [4.78, 5) is 13.9. The predicted molar refractivity (Wildman–Crippen MR) is 131 cm³/mol. The van der Waals surface area contributed by atoms with Crippen molar-refractivity contribution in [1.29, 1.82) is 0 Å². The largest absolute Gasteiger partial charge is 0.395 e. The third-order valence-corrected chi connectivity index (χ3v) is 12.7. The van der Waals surface area contributed by atoms with Gasteiger partial charge in [0.2, 0.25) is 0 Å². The highest BCUT2D eigenvalue weighted by molar-refractivity contribution is 5.89. The lowest BCUT2D eigenvalue weighted by atomic mass is 9.33. The molecule has 180 valence electrons. The van der Waals surface area contributed by atoms with Crippen molar-refractivity contribution in [3.63, 3.8) is 0 Å². The van der Waals surface area contributed by atoms with Crippen molar-refractivity contribution in [3.05, 3.63) is 11.6 Å². The van der Waals surface area contributed by atoms with E-state index in [1.165, 1.54) is 38.5 Å². The van der Waals surface area contributed by atoms with E-state index in [1.807, 2.05) is 0 Å². The fourth-order valence-electron chi connectivity index (χ4n) is 10.6. The first-order valence-electron chi connectivity index (χ1n) is 13.6. The minimum atomic E-state index is -0.516. The first kappa shape index (κ1) is 23.1. The Kier molecular flexibility index (Phi) is 4.87. The molecule has 5 rings (SSSR count). The smallest absolute Gasteiger partial charge is 0.142 e. The molecule has 4 fully saturated rings. The number of aliphatic hydroxyl groups is 1. The number of aliphatic hydroxyl groups excluding tert-OH is 1. The molecule has 1 unspecified atom stereocenters. The van der Waals surface area contributed by atoms with Gasteiger partial charge in [-0.2, -0.15) is 0 Å². The lowest BCUT2D eigenvalue weighted by molar-refractivity contribution is -0.186. The zero-order chi connectivity index (χ0) is 23.4. The summed E-state index contributed by atoms with van der Waals surface area (Å²) in [6.07, 6.45) is 14.0. The van der Waals surface area contributed by atoms with Gasteiger partial charge >= 0.3 is 0 Å². The summed E-state index contributed by atoms with van der Waals surface area (Å²) in [7, 11) is 0. The van der Waals surface area contributed by atoms with Crippen LogP contribution in [0.1, 0.15) is 113 Å². The standard InChI is InChI=1S/C30H48O2/c1-25(2)15-16-30(19-31)21(17-25)20-9-10-23-27(5)13-8-12-26(3,4)22(27)11-14-28(23,6)29(20,7)18-24(30)32/h9,21-23,31H,8,10-19H2,1-7H3/t21-,22?,23-,27+,28-,29-,30-/m1/s1. The zero-order valence-electron chi connectivity index (χ0n) is 21.9. The second-order valence-electron chi connectivity index (χ2n) is 15.0. The van der Waals surface area contributed by atoms with Gasteiger partial charge in [0, 0.05) is 11.8 Å². The van der Waals surface area contributed by atoms with Crippen LogP contribution >= 0.6 is 0 Å². The van der Waals surface area contributed by atoms with Crippen LogP contribution in [-0.4, -0.2) is 17.5 Å². The molecule has 2 heteroatoms. The van der Waals surface area contributed by atoms with Gasteiger partial charge in [0.25, 0.3) is 0 Å². The van der Waals surface area contributed by atoms with Crippen LogP contribution in [0.2, 0.25) is 0 Å². The molecule has 0 aliphatic heterocycles. The van der Waals surface area contributed by atoms with E-state index in [9.17, 15) is 9.90 Å². The summed E-state index contributed by atoms with van der Waals surface area (Å²) in [5.41, 5.74) is 2.22. The van der Waals surface area contributed by atoms with Crippen molar-refractivity contribution in [2.45, 2.75) is 113 Å². The van der Waals surface area contributed by atoms with E-state index >= 15 is 0 Å². The number of Topliss-reactive ketones (excluding diaryl/α,β-unsaturated/α-hetero) is 1. The van der Waals surface area contributed by atoms with E-state index in [-0.39, 0.29) is 28.8 Å². The van der Waals surface area contributed by atoms with Crippen molar-refractivity contribution in [3.8, 4) is 0 Å². The molecule has 5 aliphatic carbocycles. The topological polar surface area (TPSA) is 37.3 Å². The number of hydrogen-bond donors (Lipinski definition) is 1. The van der Waals surface area contributed by atoms with Gasteiger partial charge in [-0.05, 0) is 90.8 Å². The highest BCUT2D eigenvalue weighted by Gasteiger charge is 2.69. The number of allylic oxidation sites excluding steroid dienone is 2. The quantitative estimate of drug-likeness (QED) is 0.433. The number of rotatable bonds is 1. The Bertz CT molecular complexity index is 851. The maximum Gasteiger partial charge on any atom is 0.142 e. The van der Waals surface area contributed by atoms with Gasteiger partial charge in [-0.1, -0.05) is 66.5 Å². The van der Waals surface area contributed by atoms with Crippen LogP contribution in [0.3, 0.4) is 0 Å². The number of ketones is 1. The molecule has 32 heavy (non-hydrogen) atoms. The molecule has 0 aromatic rings. The molecule has 4 saturated carbocycles. The predicted octanol–water partition coefficient (Wildman–Crippen LogP) is 7.35. The average Bonchev–Trinajstić information content (AvgIpc) is 2.67. The van der Waals surface area contributed by atoms with Crippen LogP contribution in [0.4, 0.5) is 0 Å². The molecule has 0 heterocycles. The molecule has 1 N–H and O–H groups in total. The third kappa shape index (κ3) is 2.71. The summed E-state index contributed by atoms with van der Waals surface area (Å²) in [5, 5.41) is 10.6. The first-order valence-corrected chi connectivity index (χ1v) is 13.6. The minimum absolute atomic E-state index is 0.0358. The van der Waals surface area contributed by atoms with E-state index in [0.29, 0.717) is 29.0 Å². The molecule has 0 aromatic carbocycles. The highest BCUT2D eigenvalue weighted by atomic mass is 16.3. The molecule has 0 radical (unpaired) electrons. The summed E-state index contributed by atoms with van der Waals surface area (Å²) in [6.45, 7) is 17.5. The molecular formula is C30H48O2. The Balaban J connectivity index is 1.62. The van der Waals surface area contributed by atoms with Crippen LogP contribution in [0, 0.1) is 50.2 Å². The molecule has 0 spiro atoms. The number of fused-ring (bicyclic) bond motifs is 7. The fraction of sp³-hybridized carbons (Fsp3) is 0.900. The highest BCUT2D eigenvalue weighted by Crippen LogP contribution is 2.75. The molecule has 0 bridgehead atoms. The van der Waals surface area contributed by atoms with E-state index in [4.69, 9.17) is 0 Å². The summed E-state index contributed by atoms with van der Waals surface area (Å²) in [6, 6.07) is 0. The van der Waals surface area contributed by atoms with Crippen LogP contribution in [0.15, 0.2) is 11.6 Å². The summed E-state index contributed by atoms with van der Waals surface area (Å²) in [5.74, 6) is 2.06. The molecule has 2 nitrogen and oxygen atoms in total.